The standard InChI is InChI=1S/C8H13NO/c1-3-8(10)7-4-5-9-6(7)2/h3,6-7,9H,1,4-5H2,2H3. The third-order valence-corrected chi connectivity index (χ3v) is 2.09. The minimum atomic E-state index is 0.178. The van der Waals surface area contributed by atoms with E-state index in [2.05, 4.69) is 11.9 Å². The third kappa shape index (κ3) is 1.27. The Morgan fingerprint density at radius 3 is 2.90 bits per heavy atom. The molecule has 10 heavy (non-hydrogen) atoms. The first-order valence-electron chi connectivity index (χ1n) is 3.65. The van der Waals surface area contributed by atoms with Crippen molar-refractivity contribution in [2.24, 2.45) is 5.92 Å². The van der Waals surface area contributed by atoms with Crippen LogP contribution in [0.4, 0.5) is 0 Å². The Balaban J connectivity index is 2.54. The molecule has 0 aromatic heterocycles. The van der Waals surface area contributed by atoms with E-state index in [1.165, 1.54) is 6.08 Å². The molecule has 0 aromatic rings. The molecule has 1 aliphatic heterocycles. The van der Waals surface area contributed by atoms with Crippen LogP contribution in [0.15, 0.2) is 12.7 Å². The lowest BCUT2D eigenvalue weighted by atomic mass is 9.97. The molecule has 1 saturated heterocycles. The quantitative estimate of drug-likeness (QED) is 0.572. The molecule has 0 bridgehead atoms. The van der Waals surface area contributed by atoms with Crippen LogP contribution < -0.4 is 5.32 Å². The largest absolute Gasteiger partial charge is 0.313 e. The van der Waals surface area contributed by atoms with Crippen LogP contribution in [0.1, 0.15) is 13.3 Å². The van der Waals surface area contributed by atoms with Gasteiger partial charge in [-0.05, 0) is 26.0 Å². The van der Waals surface area contributed by atoms with Crippen molar-refractivity contribution in [2.45, 2.75) is 19.4 Å². The van der Waals surface area contributed by atoms with Crippen molar-refractivity contribution in [3.63, 3.8) is 0 Å². The zero-order valence-electron chi connectivity index (χ0n) is 6.26. The highest BCUT2D eigenvalue weighted by molar-refractivity contribution is 5.91. The van der Waals surface area contributed by atoms with Crippen LogP contribution in [0.3, 0.4) is 0 Å². The monoisotopic (exact) mass is 139 g/mol. The van der Waals surface area contributed by atoms with Gasteiger partial charge in [-0.3, -0.25) is 4.79 Å². The highest BCUT2D eigenvalue weighted by atomic mass is 16.1. The molecular formula is C8H13NO. The highest BCUT2D eigenvalue weighted by Crippen LogP contribution is 2.15. The van der Waals surface area contributed by atoms with Gasteiger partial charge < -0.3 is 5.32 Å². The van der Waals surface area contributed by atoms with E-state index in [1.807, 2.05) is 6.92 Å². The van der Waals surface area contributed by atoms with Gasteiger partial charge in [0, 0.05) is 12.0 Å². The second kappa shape index (κ2) is 2.97. The van der Waals surface area contributed by atoms with Crippen LogP contribution in [0.2, 0.25) is 0 Å². The maximum atomic E-state index is 11.1. The number of ketones is 1. The van der Waals surface area contributed by atoms with Crippen LogP contribution >= 0.6 is 0 Å². The van der Waals surface area contributed by atoms with Gasteiger partial charge in [-0.25, -0.2) is 0 Å². The zero-order valence-corrected chi connectivity index (χ0v) is 6.26. The molecule has 0 aromatic carbocycles. The molecule has 0 aliphatic carbocycles. The van der Waals surface area contributed by atoms with E-state index in [4.69, 9.17) is 0 Å². The first-order valence-corrected chi connectivity index (χ1v) is 3.65. The van der Waals surface area contributed by atoms with Crippen molar-refractivity contribution in [1.29, 1.82) is 0 Å². The summed E-state index contributed by atoms with van der Waals surface area (Å²) in [6.07, 6.45) is 2.39. The molecular weight excluding hydrogens is 126 g/mol. The molecule has 0 saturated carbocycles. The Bertz CT molecular complexity index is 153. The molecule has 2 heteroatoms. The van der Waals surface area contributed by atoms with Gasteiger partial charge in [-0.15, -0.1) is 0 Å². The summed E-state index contributed by atoms with van der Waals surface area (Å²) in [7, 11) is 0. The number of hydrogen-bond donors (Lipinski definition) is 1. The minimum absolute atomic E-state index is 0.178. The minimum Gasteiger partial charge on any atom is -0.313 e. The topological polar surface area (TPSA) is 29.1 Å². The normalized spacial score (nSPS) is 32.1. The number of allylic oxidation sites excluding steroid dienone is 1. The highest BCUT2D eigenvalue weighted by Gasteiger charge is 2.26. The van der Waals surface area contributed by atoms with Crippen molar-refractivity contribution < 1.29 is 4.79 Å². The van der Waals surface area contributed by atoms with Crippen molar-refractivity contribution in [3.05, 3.63) is 12.7 Å². The maximum Gasteiger partial charge on any atom is 0.159 e. The van der Waals surface area contributed by atoms with Gasteiger partial charge >= 0.3 is 0 Å². The molecule has 1 heterocycles. The molecule has 1 fully saturated rings. The first kappa shape index (κ1) is 7.48. The second-order valence-electron chi connectivity index (χ2n) is 2.74. The van der Waals surface area contributed by atoms with Crippen LogP contribution in [-0.2, 0) is 4.79 Å². The molecule has 2 unspecified atom stereocenters. The summed E-state index contributed by atoms with van der Waals surface area (Å²) in [6.45, 7) is 6.47. The van der Waals surface area contributed by atoms with Gasteiger partial charge in [0.05, 0.1) is 0 Å². The fourth-order valence-corrected chi connectivity index (χ4v) is 1.40. The summed E-state index contributed by atoms with van der Waals surface area (Å²) in [5, 5.41) is 3.22. The maximum absolute atomic E-state index is 11.1. The predicted molar refractivity (Wildman–Crippen MR) is 40.8 cm³/mol. The SMILES string of the molecule is C=CC(=O)C1CCNC1C. The lowest BCUT2D eigenvalue weighted by Crippen LogP contribution is -2.27. The zero-order chi connectivity index (χ0) is 7.56. The van der Waals surface area contributed by atoms with Crippen molar-refractivity contribution >= 4 is 5.78 Å². The van der Waals surface area contributed by atoms with Gasteiger partial charge in [0.2, 0.25) is 0 Å². The van der Waals surface area contributed by atoms with E-state index in [1.54, 1.807) is 0 Å². The van der Waals surface area contributed by atoms with Crippen LogP contribution in [0.5, 0.6) is 0 Å². The van der Waals surface area contributed by atoms with E-state index in [-0.39, 0.29) is 11.7 Å². The van der Waals surface area contributed by atoms with Crippen molar-refractivity contribution in [2.75, 3.05) is 6.54 Å². The number of carbonyl (C=O) groups is 1. The smallest absolute Gasteiger partial charge is 0.159 e. The van der Waals surface area contributed by atoms with Gasteiger partial charge in [-0.1, -0.05) is 6.58 Å². The third-order valence-electron chi connectivity index (χ3n) is 2.09. The fourth-order valence-electron chi connectivity index (χ4n) is 1.40. The summed E-state index contributed by atoms with van der Waals surface area (Å²) in [6, 6.07) is 0.338. The number of rotatable bonds is 2. The van der Waals surface area contributed by atoms with Crippen molar-refractivity contribution in [3.8, 4) is 0 Å². The average Bonchev–Trinajstić information content (AvgIpc) is 2.34. The number of hydrogen-bond acceptors (Lipinski definition) is 2. The summed E-state index contributed by atoms with van der Waals surface area (Å²) in [5.41, 5.74) is 0. The lowest BCUT2D eigenvalue weighted by molar-refractivity contribution is -0.118. The van der Waals surface area contributed by atoms with Crippen LogP contribution in [0, 0.1) is 5.92 Å². The van der Waals surface area contributed by atoms with Crippen LogP contribution in [0.25, 0.3) is 0 Å². The molecule has 56 valence electrons. The predicted octanol–water partition coefficient (Wildman–Crippen LogP) is 0.740. The Labute approximate surface area is 61.3 Å². The number of carbonyl (C=O) groups excluding carboxylic acids is 1. The summed E-state index contributed by atoms with van der Waals surface area (Å²) in [5.74, 6) is 0.356. The average molecular weight is 139 g/mol. The molecule has 2 atom stereocenters. The Kier molecular flexibility index (Phi) is 2.22. The molecule has 1 N–H and O–H groups in total. The second-order valence-corrected chi connectivity index (χ2v) is 2.74. The number of nitrogens with one attached hydrogen (secondary N) is 1. The summed E-state index contributed by atoms with van der Waals surface area (Å²) >= 11 is 0. The molecule has 0 spiro atoms. The molecule has 2 nitrogen and oxygen atoms in total. The first-order chi connectivity index (χ1) is 4.75. The molecule has 0 amide bonds. The van der Waals surface area contributed by atoms with Gasteiger partial charge in [-0.2, -0.15) is 0 Å². The molecule has 1 aliphatic rings. The van der Waals surface area contributed by atoms with Gasteiger partial charge in [0.1, 0.15) is 0 Å². The lowest BCUT2D eigenvalue weighted by Gasteiger charge is -2.09. The van der Waals surface area contributed by atoms with Crippen molar-refractivity contribution in [1.82, 2.24) is 5.32 Å². The Morgan fingerprint density at radius 2 is 2.50 bits per heavy atom. The summed E-state index contributed by atoms with van der Waals surface area (Å²) in [4.78, 5) is 11.1. The Hall–Kier alpha value is -0.630. The van der Waals surface area contributed by atoms with E-state index in [9.17, 15) is 4.79 Å². The molecule has 0 radical (unpaired) electrons. The van der Waals surface area contributed by atoms with Crippen LogP contribution in [-0.4, -0.2) is 18.4 Å². The molecule has 1 rings (SSSR count). The fraction of sp³-hybridized carbons (Fsp3) is 0.625. The van der Waals surface area contributed by atoms with E-state index < -0.39 is 0 Å². The van der Waals surface area contributed by atoms with E-state index in [0.29, 0.717) is 6.04 Å². The Morgan fingerprint density at radius 1 is 1.80 bits per heavy atom. The van der Waals surface area contributed by atoms with Gasteiger partial charge in [0.15, 0.2) is 5.78 Å². The summed E-state index contributed by atoms with van der Waals surface area (Å²) < 4.78 is 0. The van der Waals surface area contributed by atoms with E-state index in [0.717, 1.165) is 13.0 Å². The van der Waals surface area contributed by atoms with Gasteiger partial charge in [0.25, 0.3) is 0 Å². The van der Waals surface area contributed by atoms with E-state index >= 15 is 0 Å².